The average Bonchev–Trinajstić information content (AvgIpc) is 2.89. The van der Waals surface area contributed by atoms with Gasteiger partial charge < -0.3 is 10.1 Å². The first kappa shape index (κ1) is 12.1. The van der Waals surface area contributed by atoms with Gasteiger partial charge in [-0.05, 0) is 56.0 Å². The van der Waals surface area contributed by atoms with Gasteiger partial charge in [-0.25, -0.2) is 4.79 Å². The molecule has 3 heteroatoms. The minimum Gasteiger partial charge on any atom is -0.465 e. The number of hydrogen-bond donors (Lipinski definition) is 1. The fourth-order valence-corrected chi connectivity index (χ4v) is 2.26. The maximum Gasteiger partial charge on any atom is 0.337 e. The first-order chi connectivity index (χ1) is 8.29. The van der Waals surface area contributed by atoms with Crippen molar-refractivity contribution in [3.05, 3.63) is 35.4 Å². The molecule has 1 atom stereocenters. The van der Waals surface area contributed by atoms with Gasteiger partial charge in [-0.1, -0.05) is 12.1 Å². The van der Waals surface area contributed by atoms with Crippen LogP contribution in [0, 0.1) is 5.92 Å². The van der Waals surface area contributed by atoms with Crippen LogP contribution in [0.25, 0.3) is 0 Å². The number of esters is 1. The molecule has 1 fully saturated rings. The second kappa shape index (κ2) is 5.82. The van der Waals surface area contributed by atoms with Gasteiger partial charge in [0.15, 0.2) is 0 Å². The van der Waals surface area contributed by atoms with E-state index in [2.05, 4.69) is 10.1 Å². The van der Waals surface area contributed by atoms with Crippen LogP contribution in [0.3, 0.4) is 0 Å². The molecule has 1 heterocycles. The van der Waals surface area contributed by atoms with E-state index in [0.29, 0.717) is 5.56 Å². The van der Waals surface area contributed by atoms with Crippen LogP contribution in [0.1, 0.15) is 28.8 Å². The summed E-state index contributed by atoms with van der Waals surface area (Å²) >= 11 is 0. The van der Waals surface area contributed by atoms with E-state index in [4.69, 9.17) is 0 Å². The Morgan fingerprint density at radius 3 is 2.76 bits per heavy atom. The summed E-state index contributed by atoms with van der Waals surface area (Å²) in [6, 6.07) is 7.73. The molecule has 0 radical (unpaired) electrons. The molecular formula is C14H19NO2. The zero-order valence-corrected chi connectivity index (χ0v) is 10.2. The van der Waals surface area contributed by atoms with Crippen LogP contribution in [-0.4, -0.2) is 26.2 Å². The van der Waals surface area contributed by atoms with E-state index in [9.17, 15) is 4.79 Å². The van der Waals surface area contributed by atoms with E-state index < -0.39 is 0 Å². The van der Waals surface area contributed by atoms with Crippen molar-refractivity contribution in [2.45, 2.75) is 19.3 Å². The SMILES string of the molecule is COC(=O)c1ccc(CCC2CCNC2)cc1. The van der Waals surface area contributed by atoms with Crippen LogP contribution >= 0.6 is 0 Å². The second-order valence-corrected chi connectivity index (χ2v) is 4.59. The number of ether oxygens (including phenoxy) is 1. The van der Waals surface area contributed by atoms with Crippen molar-refractivity contribution in [1.29, 1.82) is 0 Å². The monoisotopic (exact) mass is 233 g/mol. The van der Waals surface area contributed by atoms with Crippen molar-refractivity contribution in [2.75, 3.05) is 20.2 Å². The molecular weight excluding hydrogens is 214 g/mol. The molecule has 1 aliphatic rings. The van der Waals surface area contributed by atoms with Gasteiger partial charge in [0.2, 0.25) is 0 Å². The summed E-state index contributed by atoms with van der Waals surface area (Å²) in [4.78, 5) is 11.3. The summed E-state index contributed by atoms with van der Waals surface area (Å²) in [6.45, 7) is 2.31. The molecule has 0 spiro atoms. The zero-order valence-electron chi connectivity index (χ0n) is 10.2. The Labute approximate surface area is 102 Å². The van der Waals surface area contributed by atoms with Crippen molar-refractivity contribution in [3.8, 4) is 0 Å². The first-order valence-electron chi connectivity index (χ1n) is 6.17. The van der Waals surface area contributed by atoms with Crippen LogP contribution in [0.4, 0.5) is 0 Å². The number of carbonyl (C=O) groups is 1. The van der Waals surface area contributed by atoms with Gasteiger partial charge in [0.1, 0.15) is 0 Å². The molecule has 2 rings (SSSR count). The van der Waals surface area contributed by atoms with Gasteiger partial charge in [0.05, 0.1) is 12.7 Å². The molecule has 0 saturated carbocycles. The quantitative estimate of drug-likeness (QED) is 0.808. The van der Waals surface area contributed by atoms with E-state index in [1.807, 2.05) is 24.3 Å². The van der Waals surface area contributed by atoms with Gasteiger partial charge in [-0.3, -0.25) is 0 Å². The standard InChI is InChI=1S/C14H19NO2/c1-17-14(16)13-6-4-11(5-7-13)2-3-12-8-9-15-10-12/h4-7,12,15H,2-3,8-10H2,1H3. The number of methoxy groups -OCH3 is 1. The van der Waals surface area contributed by atoms with Crippen LogP contribution in [0.2, 0.25) is 0 Å². The Kier molecular flexibility index (Phi) is 4.15. The Bertz CT molecular complexity index is 366. The maximum absolute atomic E-state index is 11.3. The number of rotatable bonds is 4. The third kappa shape index (κ3) is 3.30. The predicted octanol–water partition coefficient (Wildman–Crippen LogP) is 2.02. The van der Waals surface area contributed by atoms with E-state index in [-0.39, 0.29) is 5.97 Å². The Morgan fingerprint density at radius 2 is 2.18 bits per heavy atom. The number of hydrogen-bond acceptors (Lipinski definition) is 3. The smallest absolute Gasteiger partial charge is 0.337 e. The number of carbonyl (C=O) groups excluding carboxylic acids is 1. The summed E-state index contributed by atoms with van der Waals surface area (Å²) in [5.41, 5.74) is 1.92. The lowest BCUT2D eigenvalue weighted by Gasteiger charge is -2.08. The highest BCUT2D eigenvalue weighted by atomic mass is 16.5. The molecule has 0 amide bonds. The zero-order chi connectivity index (χ0) is 12.1. The minimum atomic E-state index is -0.267. The van der Waals surface area contributed by atoms with Gasteiger partial charge >= 0.3 is 5.97 Å². The van der Waals surface area contributed by atoms with Crippen molar-refractivity contribution in [3.63, 3.8) is 0 Å². The lowest BCUT2D eigenvalue weighted by Crippen LogP contribution is -2.09. The molecule has 92 valence electrons. The maximum atomic E-state index is 11.3. The lowest BCUT2D eigenvalue weighted by atomic mass is 9.98. The van der Waals surface area contributed by atoms with Crippen LogP contribution in [-0.2, 0) is 11.2 Å². The Balaban J connectivity index is 1.87. The van der Waals surface area contributed by atoms with Gasteiger partial charge in [-0.15, -0.1) is 0 Å². The van der Waals surface area contributed by atoms with Crippen molar-refractivity contribution >= 4 is 5.97 Å². The largest absolute Gasteiger partial charge is 0.465 e. The van der Waals surface area contributed by atoms with Gasteiger partial charge in [0.25, 0.3) is 0 Å². The van der Waals surface area contributed by atoms with Crippen LogP contribution in [0.5, 0.6) is 0 Å². The molecule has 0 aliphatic carbocycles. The molecule has 0 aromatic heterocycles. The van der Waals surface area contributed by atoms with Crippen molar-refractivity contribution < 1.29 is 9.53 Å². The van der Waals surface area contributed by atoms with E-state index >= 15 is 0 Å². The fraction of sp³-hybridized carbons (Fsp3) is 0.500. The second-order valence-electron chi connectivity index (χ2n) is 4.59. The Morgan fingerprint density at radius 1 is 1.41 bits per heavy atom. The molecule has 1 unspecified atom stereocenters. The molecule has 1 aromatic carbocycles. The predicted molar refractivity (Wildman–Crippen MR) is 67.1 cm³/mol. The molecule has 17 heavy (non-hydrogen) atoms. The van der Waals surface area contributed by atoms with Gasteiger partial charge in [-0.2, -0.15) is 0 Å². The lowest BCUT2D eigenvalue weighted by molar-refractivity contribution is 0.0600. The third-order valence-corrected chi connectivity index (χ3v) is 3.38. The molecule has 0 bridgehead atoms. The summed E-state index contributed by atoms with van der Waals surface area (Å²) < 4.78 is 4.67. The normalized spacial score (nSPS) is 19.2. The molecule has 1 aromatic rings. The summed E-state index contributed by atoms with van der Waals surface area (Å²) in [6.07, 6.45) is 3.61. The summed E-state index contributed by atoms with van der Waals surface area (Å²) in [5.74, 6) is 0.548. The highest BCUT2D eigenvalue weighted by Crippen LogP contribution is 2.16. The summed E-state index contributed by atoms with van der Waals surface area (Å²) in [7, 11) is 1.41. The third-order valence-electron chi connectivity index (χ3n) is 3.38. The first-order valence-corrected chi connectivity index (χ1v) is 6.17. The number of benzene rings is 1. The van der Waals surface area contributed by atoms with Crippen LogP contribution < -0.4 is 5.32 Å². The topological polar surface area (TPSA) is 38.3 Å². The molecule has 3 nitrogen and oxygen atoms in total. The average molecular weight is 233 g/mol. The number of nitrogens with one attached hydrogen (secondary N) is 1. The molecule has 1 N–H and O–H groups in total. The van der Waals surface area contributed by atoms with Crippen molar-refractivity contribution in [1.82, 2.24) is 5.32 Å². The van der Waals surface area contributed by atoms with Crippen LogP contribution in [0.15, 0.2) is 24.3 Å². The van der Waals surface area contributed by atoms with E-state index in [1.165, 1.54) is 25.5 Å². The van der Waals surface area contributed by atoms with Crippen molar-refractivity contribution in [2.24, 2.45) is 5.92 Å². The van der Waals surface area contributed by atoms with Gasteiger partial charge in [0, 0.05) is 0 Å². The fourth-order valence-electron chi connectivity index (χ4n) is 2.26. The van der Waals surface area contributed by atoms with E-state index in [0.717, 1.165) is 25.4 Å². The highest BCUT2D eigenvalue weighted by Gasteiger charge is 2.14. The van der Waals surface area contributed by atoms with E-state index in [1.54, 1.807) is 0 Å². The molecule has 1 saturated heterocycles. The Hall–Kier alpha value is -1.35. The highest BCUT2D eigenvalue weighted by molar-refractivity contribution is 5.89. The molecule has 1 aliphatic heterocycles. The minimum absolute atomic E-state index is 0.267. The number of aryl methyl sites for hydroxylation is 1. The summed E-state index contributed by atoms with van der Waals surface area (Å²) in [5, 5.41) is 3.38.